The van der Waals surface area contributed by atoms with Gasteiger partial charge < -0.3 is 15.3 Å². The number of benzene rings is 1. The number of nitrogens with zero attached hydrogens (tertiary/aromatic N) is 1. The smallest absolute Gasteiger partial charge is 0.224 e. The fourth-order valence-electron chi connectivity index (χ4n) is 2.90. The van der Waals surface area contributed by atoms with E-state index in [-0.39, 0.29) is 17.6 Å². The van der Waals surface area contributed by atoms with Crippen molar-refractivity contribution in [2.75, 3.05) is 25.0 Å². The maximum atomic E-state index is 13.8. The van der Waals surface area contributed by atoms with E-state index in [9.17, 15) is 14.3 Å². The van der Waals surface area contributed by atoms with Crippen LogP contribution in [0.4, 0.5) is 10.1 Å². The average molecular weight is 294 g/mol. The Bertz CT molecular complexity index is 531. The Morgan fingerprint density at radius 2 is 2.24 bits per heavy atom. The third kappa shape index (κ3) is 3.35. The lowest BCUT2D eigenvalue weighted by molar-refractivity contribution is -0.124. The Morgan fingerprint density at radius 1 is 1.52 bits per heavy atom. The predicted octanol–water partition coefficient (Wildman–Crippen LogP) is 2.15. The maximum absolute atomic E-state index is 13.8. The first-order valence-electron chi connectivity index (χ1n) is 7.38. The summed E-state index contributed by atoms with van der Waals surface area (Å²) in [6.07, 6.45) is 1.03. The van der Waals surface area contributed by atoms with Gasteiger partial charge in [-0.1, -0.05) is 0 Å². The predicted molar refractivity (Wildman–Crippen MR) is 80.8 cm³/mol. The van der Waals surface area contributed by atoms with E-state index in [1.54, 1.807) is 27.0 Å². The summed E-state index contributed by atoms with van der Waals surface area (Å²) in [4.78, 5) is 13.9. The van der Waals surface area contributed by atoms with Crippen LogP contribution in [-0.4, -0.2) is 31.2 Å². The van der Waals surface area contributed by atoms with Crippen molar-refractivity contribution in [2.24, 2.45) is 5.92 Å². The van der Waals surface area contributed by atoms with Crippen LogP contribution in [-0.2, 0) is 4.79 Å². The van der Waals surface area contributed by atoms with Gasteiger partial charge in [-0.2, -0.15) is 0 Å². The summed E-state index contributed by atoms with van der Waals surface area (Å²) < 4.78 is 13.8. The SMILES string of the molecule is CNC(=O)C1CCCN(c2cc(C)c(F)cc2[C@H](C)O)C1. The molecule has 0 spiro atoms. The van der Waals surface area contributed by atoms with Crippen LogP contribution in [0.3, 0.4) is 0 Å². The molecule has 2 atom stereocenters. The second kappa shape index (κ2) is 6.43. The number of carbonyl (C=O) groups is 1. The van der Waals surface area contributed by atoms with Crippen LogP contribution in [0.5, 0.6) is 0 Å². The Kier molecular flexibility index (Phi) is 4.83. The number of aryl methyl sites for hydroxylation is 1. The molecule has 21 heavy (non-hydrogen) atoms. The zero-order chi connectivity index (χ0) is 15.6. The second-order valence-electron chi connectivity index (χ2n) is 5.74. The van der Waals surface area contributed by atoms with Crippen LogP contribution in [0, 0.1) is 18.7 Å². The highest BCUT2D eigenvalue weighted by atomic mass is 19.1. The van der Waals surface area contributed by atoms with Crippen LogP contribution in [0.25, 0.3) is 0 Å². The van der Waals surface area contributed by atoms with Gasteiger partial charge in [0.2, 0.25) is 5.91 Å². The lowest BCUT2D eigenvalue weighted by atomic mass is 9.95. The van der Waals surface area contributed by atoms with Crippen molar-refractivity contribution in [3.05, 3.63) is 29.1 Å². The first kappa shape index (κ1) is 15.8. The van der Waals surface area contributed by atoms with E-state index >= 15 is 0 Å². The number of nitrogens with one attached hydrogen (secondary N) is 1. The van der Waals surface area contributed by atoms with Gasteiger partial charge in [-0.3, -0.25) is 4.79 Å². The molecule has 1 saturated heterocycles. The number of hydrogen-bond acceptors (Lipinski definition) is 3. The maximum Gasteiger partial charge on any atom is 0.224 e. The van der Waals surface area contributed by atoms with Crippen LogP contribution in [0.1, 0.15) is 37.0 Å². The fraction of sp³-hybridized carbons (Fsp3) is 0.562. The molecule has 4 nitrogen and oxygen atoms in total. The van der Waals surface area contributed by atoms with E-state index in [0.717, 1.165) is 25.1 Å². The van der Waals surface area contributed by atoms with Crippen LogP contribution in [0.2, 0.25) is 0 Å². The molecule has 1 aromatic carbocycles. The summed E-state index contributed by atoms with van der Waals surface area (Å²) in [5.74, 6) is -0.331. The number of anilines is 1. The van der Waals surface area contributed by atoms with Crippen molar-refractivity contribution in [3.63, 3.8) is 0 Å². The van der Waals surface area contributed by atoms with Gasteiger partial charge in [0.25, 0.3) is 0 Å². The van der Waals surface area contributed by atoms with Crippen LogP contribution < -0.4 is 10.2 Å². The largest absolute Gasteiger partial charge is 0.389 e. The number of aliphatic hydroxyl groups is 1. The van der Waals surface area contributed by atoms with Crippen molar-refractivity contribution >= 4 is 11.6 Å². The minimum absolute atomic E-state index is 0.0390. The van der Waals surface area contributed by atoms with E-state index in [4.69, 9.17) is 0 Å². The van der Waals surface area contributed by atoms with Crippen molar-refractivity contribution in [3.8, 4) is 0 Å². The molecular weight excluding hydrogens is 271 g/mol. The van der Waals surface area contributed by atoms with Gasteiger partial charge in [-0.25, -0.2) is 4.39 Å². The molecule has 1 aliphatic heterocycles. The van der Waals surface area contributed by atoms with Crippen molar-refractivity contribution in [1.29, 1.82) is 0 Å². The Hall–Kier alpha value is -1.62. The standard InChI is InChI=1S/C16H23FN2O2/c1-10-7-15(13(11(2)20)8-14(10)17)19-6-4-5-12(9-19)16(21)18-3/h7-8,11-12,20H,4-6,9H2,1-3H3,(H,18,21)/t11-,12?/m0/s1. The topological polar surface area (TPSA) is 52.6 Å². The normalized spacial score (nSPS) is 20.2. The highest BCUT2D eigenvalue weighted by Crippen LogP contribution is 2.32. The molecule has 0 saturated carbocycles. The van der Waals surface area contributed by atoms with Crippen LogP contribution in [0.15, 0.2) is 12.1 Å². The van der Waals surface area contributed by atoms with E-state index in [0.29, 0.717) is 17.7 Å². The number of hydrogen-bond donors (Lipinski definition) is 2. The van der Waals surface area contributed by atoms with Crippen molar-refractivity contribution in [2.45, 2.75) is 32.8 Å². The fourth-order valence-corrected chi connectivity index (χ4v) is 2.90. The molecule has 0 radical (unpaired) electrons. The van der Waals surface area contributed by atoms with E-state index in [2.05, 4.69) is 10.2 Å². The summed E-state index contributed by atoms with van der Waals surface area (Å²) in [6, 6.07) is 3.17. The molecule has 116 valence electrons. The third-order valence-electron chi connectivity index (χ3n) is 4.14. The molecule has 0 aromatic heterocycles. The molecule has 1 aromatic rings. The number of amides is 1. The van der Waals surface area contributed by atoms with Crippen LogP contribution >= 0.6 is 0 Å². The molecule has 5 heteroatoms. The molecular formula is C16H23FN2O2. The number of halogens is 1. The summed E-state index contributed by atoms with van der Waals surface area (Å²) in [7, 11) is 1.64. The molecule has 1 unspecified atom stereocenters. The summed E-state index contributed by atoms with van der Waals surface area (Å²) >= 11 is 0. The summed E-state index contributed by atoms with van der Waals surface area (Å²) in [5.41, 5.74) is 1.96. The minimum Gasteiger partial charge on any atom is -0.389 e. The number of carbonyl (C=O) groups excluding carboxylic acids is 1. The first-order valence-corrected chi connectivity index (χ1v) is 7.38. The Balaban J connectivity index is 2.32. The van der Waals surface area contributed by atoms with E-state index in [1.807, 2.05) is 0 Å². The molecule has 1 heterocycles. The van der Waals surface area contributed by atoms with Crippen molar-refractivity contribution in [1.82, 2.24) is 5.32 Å². The average Bonchev–Trinajstić information content (AvgIpc) is 2.48. The lowest BCUT2D eigenvalue weighted by Crippen LogP contribution is -2.42. The molecule has 1 amide bonds. The lowest BCUT2D eigenvalue weighted by Gasteiger charge is -2.35. The minimum atomic E-state index is -0.740. The monoisotopic (exact) mass is 294 g/mol. The van der Waals surface area contributed by atoms with Gasteiger partial charge >= 0.3 is 0 Å². The molecule has 0 bridgehead atoms. The highest BCUT2D eigenvalue weighted by molar-refractivity contribution is 5.79. The van der Waals surface area contributed by atoms with E-state index < -0.39 is 6.10 Å². The Morgan fingerprint density at radius 3 is 2.86 bits per heavy atom. The van der Waals surface area contributed by atoms with Gasteiger partial charge in [0.15, 0.2) is 0 Å². The Labute approximate surface area is 125 Å². The van der Waals surface area contributed by atoms with Gasteiger partial charge in [0.1, 0.15) is 5.82 Å². The van der Waals surface area contributed by atoms with Gasteiger partial charge in [-0.05, 0) is 44.4 Å². The zero-order valence-electron chi connectivity index (χ0n) is 12.8. The molecule has 1 fully saturated rings. The number of piperidine rings is 1. The zero-order valence-corrected chi connectivity index (χ0v) is 12.8. The van der Waals surface area contributed by atoms with Crippen molar-refractivity contribution < 1.29 is 14.3 Å². The van der Waals surface area contributed by atoms with Gasteiger partial charge in [0, 0.05) is 31.4 Å². The number of aliphatic hydroxyl groups excluding tert-OH is 1. The molecule has 1 aliphatic rings. The quantitative estimate of drug-likeness (QED) is 0.898. The second-order valence-corrected chi connectivity index (χ2v) is 5.74. The molecule has 2 N–H and O–H groups in total. The molecule has 0 aliphatic carbocycles. The van der Waals surface area contributed by atoms with E-state index in [1.165, 1.54) is 6.07 Å². The summed E-state index contributed by atoms with van der Waals surface area (Å²) in [6.45, 7) is 4.77. The summed E-state index contributed by atoms with van der Waals surface area (Å²) in [5, 5.41) is 12.6. The van der Waals surface area contributed by atoms with Gasteiger partial charge in [-0.15, -0.1) is 0 Å². The molecule has 2 rings (SSSR count). The third-order valence-corrected chi connectivity index (χ3v) is 4.14. The number of rotatable bonds is 3. The van der Waals surface area contributed by atoms with Gasteiger partial charge in [0.05, 0.1) is 12.0 Å². The highest BCUT2D eigenvalue weighted by Gasteiger charge is 2.27. The first-order chi connectivity index (χ1) is 9.93.